The van der Waals surface area contributed by atoms with Gasteiger partial charge in [-0.25, -0.2) is 4.98 Å². The number of hydrogen-bond donors (Lipinski definition) is 0. The van der Waals surface area contributed by atoms with E-state index in [9.17, 15) is 9.59 Å². The van der Waals surface area contributed by atoms with Gasteiger partial charge in [0.25, 0.3) is 11.8 Å². The summed E-state index contributed by atoms with van der Waals surface area (Å²) in [6.45, 7) is 4.53. The van der Waals surface area contributed by atoms with Crippen LogP contribution in [0.4, 0.5) is 5.82 Å². The van der Waals surface area contributed by atoms with E-state index in [0.717, 1.165) is 62.0 Å². The average molecular weight is 534 g/mol. The number of amides is 2. The number of piperazine rings is 1. The van der Waals surface area contributed by atoms with Gasteiger partial charge in [-0.15, -0.1) is 0 Å². The molecule has 2 aliphatic rings. The maximum Gasteiger partial charge on any atom is 0.274 e. The summed E-state index contributed by atoms with van der Waals surface area (Å²) in [5, 5.41) is 1.91. The lowest BCUT2D eigenvalue weighted by atomic mass is 10.0. The van der Waals surface area contributed by atoms with Gasteiger partial charge in [-0.3, -0.25) is 19.4 Å². The summed E-state index contributed by atoms with van der Waals surface area (Å²) in [6, 6.07) is 24.0. The molecule has 3 heterocycles. The Bertz CT molecular complexity index is 1540. The number of anilines is 1. The third kappa shape index (κ3) is 5.17. The Kier molecular flexibility index (Phi) is 7.47. The van der Waals surface area contributed by atoms with Crippen molar-refractivity contribution in [3.8, 4) is 0 Å². The maximum atomic E-state index is 14.0. The van der Waals surface area contributed by atoms with Crippen LogP contribution in [0, 0.1) is 0 Å². The van der Waals surface area contributed by atoms with Gasteiger partial charge in [0.05, 0.1) is 0 Å². The molecule has 0 spiro atoms. The van der Waals surface area contributed by atoms with Crippen LogP contribution in [0.5, 0.6) is 0 Å². The molecule has 7 nitrogen and oxygen atoms in total. The summed E-state index contributed by atoms with van der Waals surface area (Å²) in [5.74, 6) is 1.17. The monoisotopic (exact) mass is 533 g/mol. The Morgan fingerprint density at radius 2 is 1.62 bits per heavy atom. The molecule has 204 valence electrons. The molecule has 2 amide bonds. The van der Waals surface area contributed by atoms with Gasteiger partial charge in [0, 0.05) is 58.3 Å². The molecule has 0 N–H and O–H groups in total. The fourth-order valence-electron chi connectivity index (χ4n) is 5.79. The van der Waals surface area contributed by atoms with Crippen molar-refractivity contribution in [1.29, 1.82) is 0 Å². The second-order valence-corrected chi connectivity index (χ2v) is 10.6. The average Bonchev–Trinajstić information content (AvgIpc) is 3.40. The fourth-order valence-corrected chi connectivity index (χ4v) is 5.79. The highest BCUT2D eigenvalue weighted by molar-refractivity contribution is 6.15. The van der Waals surface area contributed by atoms with E-state index in [-0.39, 0.29) is 11.8 Å². The third-order valence-corrected chi connectivity index (χ3v) is 8.04. The minimum atomic E-state index is -0.156. The molecule has 2 aliphatic heterocycles. The van der Waals surface area contributed by atoms with Gasteiger partial charge in [-0.1, -0.05) is 78.9 Å². The second kappa shape index (κ2) is 11.5. The molecule has 0 radical (unpaired) electrons. The Hall–Kier alpha value is -4.23. The van der Waals surface area contributed by atoms with Gasteiger partial charge in [0.2, 0.25) is 0 Å². The first kappa shape index (κ1) is 26.0. The first-order chi connectivity index (χ1) is 19.6. The van der Waals surface area contributed by atoms with Crippen LogP contribution in [0.15, 0.2) is 78.9 Å². The van der Waals surface area contributed by atoms with Gasteiger partial charge in [0.15, 0.2) is 11.5 Å². The van der Waals surface area contributed by atoms with Gasteiger partial charge in [-0.05, 0) is 35.2 Å². The predicted octanol–water partition coefficient (Wildman–Crippen LogP) is 5.12. The number of benzene rings is 3. The van der Waals surface area contributed by atoms with E-state index in [1.807, 2.05) is 65.6 Å². The van der Waals surface area contributed by atoms with Crippen LogP contribution in [0.3, 0.4) is 0 Å². The number of fused-ring (bicyclic) bond motifs is 2. The van der Waals surface area contributed by atoms with Crippen molar-refractivity contribution in [2.75, 3.05) is 44.7 Å². The SMILES string of the molecule is CN(C(=O)c1cccc2ccccc12)c1nc2n(c1C(=O)N1CCN(C/C=C/c3ccccc3)CC1)CCCC2. The topological polar surface area (TPSA) is 61.7 Å². The largest absolute Gasteiger partial charge is 0.335 e. The van der Waals surface area contributed by atoms with Crippen LogP contribution in [0.2, 0.25) is 0 Å². The number of hydrogen-bond acceptors (Lipinski definition) is 4. The Labute approximate surface area is 235 Å². The molecule has 7 heteroatoms. The Morgan fingerprint density at radius 1 is 0.875 bits per heavy atom. The predicted molar refractivity (Wildman–Crippen MR) is 160 cm³/mol. The van der Waals surface area contributed by atoms with Gasteiger partial charge in [0.1, 0.15) is 5.82 Å². The van der Waals surface area contributed by atoms with E-state index in [1.165, 1.54) is 5.56 Å². The van der Waals surface area contributed by atoms with Crippen molar-refractivity contribution in [3.63, 3.8) is 0 Å². The lowest BCUT2D eigenvalue weighted by molar-refractivity contribution is 0.0639. The molecule has 6 rings (SSSR count). The molecule has 0 aliphatic carbocycles. The summed E-state index contributed by atoms with van der Waals surface area (Å²) in [5.41, 5.74) is 2.35. The molecule has 0 bridgehead atoms. The zero-order valence-corrected chi connectivity index (χ0v) is 23.0. The summed E-state index contributed by atoms with van der Waals surface area (Å²) < 4.78 is 2.06. The van der Waals surface area contributed by atoms with Crippen LogP contribution >= 0.6 is 0 Å². The Morgan fingerprint density at radius 3 is 2.45 bits per heavy atom. The van der Waals surface area contributed by atoms with Crippen molar-refractivity contribution in [2.24, 2.45) is 0 Å². The molecule has 1 fully saturated rings. The molecule has 4 aromatic rings. The van der Waals surface area contributed by atoms with Crippen LogP contribution in [0.1, 0.15) is 45.1 Å². The molecular formula is C33H35N5O2. The zero-order valence-electron chi connectivity index (χ0n) is 23.0. The quantitative estimate of drug-likeness (QED) is 0.345. The highest BCUT2D eigenvalue weighted by atomic mass is 16.2. The molecule has 0 unspecified atom stereocenters. The standard InChI is InChI=1S/C33H35N5O2/c1-35(32(39)28-17-9-15-26-14-5-6-16-27(26)28)31-30(38-20-8-7-18-29(38)34-31)33(40)37-23-21-36(22-24-37)19-10-13-25-11-3-2-4-12-25/h2-6,9-17H,7-8,18-24H2,1H3/b13-10+. The van der Waals surface area contributed by atoms with Crippen LogP contribution in [-0.2, 0) is 13.0 Å². The van der Waals surface area contributed by atoms with Gasteiger partial charge in [-0.2, -0.15) is 0 Å². The van der Waals surface area contributed by atoms with E-state index < -0.39 is 0 Å². The second-order valence-electron chi connectivity index (χ2n) is 10.6. The molecule has 0 atom stereocenters. The number of carbonyl (C=O) groups is 2. The van der Waals surface area contributed by atoms with Crippen molar-refractivity contribution in [3.05, 3.63) is 102 Å². The first-order valence-electron chi connectivity index (χ1n) is 14.2. The fraction of sp³-hybridized carbons (Fsp3) is 0.303. The molecule has 0 saturated carbocycles. The molecule has 1 saturated heterocycles. The molecule has 40 heavy (non-hydrogen) atoms. The van der Waals surface area contributed by atoms with Crippen LogP contribution < -0.4 is 4.90 Å². The zero-order chi connectivity index (χ0) is 27.5. The minimum absolute atomic E-state index is 0.0345. The lowest BCUT2D eigenvalue weighted by Crippen LogP contribution is -2.49. The van der Waals surface area contributed by atoms with Crippen molar-refractivity contribution in [1.82, 2.24) is 19.4 Å². The number of carbonyl (C=O) groups excluding carboxylic acids is 2. The van der Waals surface area contributed by atoms with Gasteiger partial charge >= 0.3 is 0 Å². The van der Waals surface area contributed by atoms with Crippen molar-refractivity contribution < 1.29 is 9.59 Å². The maximum absolute atomic E-state index is 14.0. The number of nitrogens with zero attached hydrogens (tertiary/aromatic N) is 5. The Balaban J connectivity index is 1.21. The number of rotatable bonds is 6. The van der Waals surface area contributed by atoms with E-state index in [4.69, 9.17) is 4.98 Å². The van der Waals surface area contributed by atoms with Crippen LogP contribution in [0.25, 0.3) is 16.8 Å². The van der Waals surface area contributed by atoms with E-state index in [0.29, 0.717) is 30.2 Å². The summed E-state index contributed by atoms with van der Waals surface area (Å²) in [6.07, 6.45) is 7.20. The van der Waals surface area contributed by atoms with E-state index >= 15 is 0 Å². The third-order valence-electron chi connectivity index (χ3n) is 8.04. The molecular weight excluding hydrogens is 498 g/mol. The van der Waals surface area contributed by atoms with Crippen molar-refractivity contribution >= 4 is 34.5 Å². The molecule has 3 aromatic carbocycles. The highest BCUT2D eigenvalue weighted by Gasteiger charge is 2.33. The minimum Gasteiger partial charge on any atom is -0.335 e. The van der Waals surface area contributed by atoms with Crippen LogP contribution in [-0.4, -0.2) is 70.9 Å². The van der Waals surface area contributed by atoms with Gasteiger partial charge < -0.3 is 9.47 Å². The highest BCUT2D eigenvalue weighted by Crippen LogP contribution is 2.29. The number of aromatic nitrogens is 2. The normalized spacial score (nSPS) is 15.9. The summed E-state index contributed by atoms with van der Waals surface area (Å²) in [4.78, 5) is 38.6. The molecule has 1 aromatic heterocycles. The van der Waals surface area contributed by atoms with E-state index in [2.05, 4.69) is 33.8 Å². The van der Waals surface area contributed by atoms with Crippen molar-refractivity contribution in [2.45, 2.75) is 25.8 Å². The summed E-state index contributed by atoms with van der Waals surface area (Å²) in [7, 11) is 1.74. The first-order valence-corrected chi connectivity index (χ1v) is 14.2. The lowest BCUT2D eigenvalue weighted by Gasteiger charge is -2.34. The van der Waals surface area contributed by atoms with E-state index in [1.54, 1.807) is 11.9 Å². The summed E-state index contributed by atoms with van der Waals surface area (Å²) >= 11 is 0. The number of imidazole rings is 1. The smallest absolute Gasteiger partial charge is 0.274 e. The number of aryl methyl sites for hydroxylation is 1.